The zero-order valence-corrected chi connectivity index (χ0v) is 18.9. The highest BCUT2D eigenvalue weighted by Gasteiger charge is 2.38. The van der Waals surface area contributed by atoms with E-state index in [2.05, 4.69) is 40.0 Å². The van der Waals surface area contributed by atoms with Crippen molar-refractivity contribution in [1.82, 2.24) is 9.47 Å². The van der Waals surface area contributed by atoms with Gasteiger partial charge in [0.1, 0.15) is 0 Å². The maximum Gasteiger partial charge on any atom is 0.201 e. The van der Waals surface area contributed by atoms with Crippen LogP contribution in [0.5, 0.6) is 5.88 Å². The standard InChI is InChI=1S/C25H34N4O3/c1-28-19-3-4-20(28)13-17(12-19)27-16-2-5-23-21(14-16)24(22-15-32-11-8-26-22)25(30)29(23)18-6-9-31-10-7-18/h2,5,14,17-20,27,30H,3-4,6-13,15H2,1H3/t17?,19-,20?/m0/s1. The molecule has 0 amide bonds. The van der Waals surface area contributed by atoms with Crippen LogP contribution >= 0.6 is 0 Å². The van der Waals surface area contributed by atoms with Crippen LogP contribution in [0.2, 0.25) is 0 Å². The minimum absolute atomic E-state index is 0.244. The van der Waals surface area contributed by atoms with E-state index in [0.29, 0.717) is 43.8 Å². The van der Waals surface area contributed by atoms with Crippen molar-refractivity contribution < 1.29 is 14.6 Å². The van der Waals surface area contributed by atoms with Crippen LogP contribution in [0.1, 0.15) is 50.1 Å². The summed E-state index contributed by atoms with van der Waals surface area (Å²) in [5, 5.41) is 16.3. The summed E-state index contributed by atoms with van der Waals surface area (Å²) < 4.78 is 13.4. The van der Waals surface area contributed by atoms with Crippen molar-refractivity contribution >= 4 is 22.3 Å². The van der Waals surface area contributed by atoms with Crippen LogP contribution in [0, 0.1) is 0 Å². The number of nitrogens with zero attached hydrogens (tertiary/aromatic N) is 3. The Kier molecular flexibility index (Phi) is 5.36. The third-order valence-corrected chi connectivity index (χ3v) is 8.07. The molecule has 2 N–H and O–H groups in total. The SMILES string of the molecule is CN1C2CC[C@H]1CC(Nc1ccc3c(c1)c(C1=NCCOC1)c(O)n3C1CCOCC1)C2. The average Bonchev–Trinajstić information content (AvgIpc) is 3.20. The monoisotopic (exact) mass is 438 g/mol. The van der Waals surface area contributed by atoms with Crippen LogP contribution in [0.3, 0.4) is 0 Å². The van der Waals surface area contributed by atoms with Crippen molar-refractivity contribution in [3.05, 3.63) is 23.8 Å². The molecule has 5 heterocycles. The van der Waals surface area contributed by atoms with E-state index in [0.717, 1.165) is 53.9 Å². The fraction of sp³-hybridized carbons (Fsp3) is 0.640. The van der Waals surface area contributed by atoms with Crippen LogP contribution in [-0.2, 0) is 9.47 Å². The first-order chi connectivity index (χ1) is 15.7. The molecule has 7 nitrogen and oxygen atoms in total. The quantitative estimate of drug-likeness (QED) is 0.764. The maximum atomic E-state index is 11.4. The van der Waals surface area contributed by atoms with Crippen LogP contribution in [0.25, 0.3) is 10.9 Å². The van der Waals surface area contributed by atoms with Gasteiger partial charge in [-0.05, 0) is 63.8 Å². The van der Waals surface area contributed by atoms with Gasteiger partial charge in [0.05, 0.1) is 36.6 Å². The number of fused-ring (bicyclic) bond motifs is 3. The average molecular weight is 439 g/mol. The highest BCUT2D eigenvalue weighted by Crippen LogP contribution is 2.40. The van der Waals surface area contributed by atoms with Gasteiger partial charge in [-0.25, -0.2) is 0 Å². The molecule has 172 valence electrons. The number of aliphatic imine (C=N–C) groups is 1. The van der Waals surface area contributed by atoms with E-state index in [1.54, 1.807) is 0 Å². The topological polar surface area (TPSA) is 71.2 Å². The van der Waals surface area contributed by atoms with Gasteiger partial charge in [-0.1, -0.05) is 0 Å². The molecule has 2 aromatic rings. The molecule has 0 spiro atoms. The van der Waals surface area contributed by atoms with Gasteiger partial charge < -0.3 is 29.4 Å². The Morgan fingerprint density at radius 2 is 1.78 bits per heavy atom. The predicted octanol–water partition coefficient (Wildman–Crippen LogP) is 3.55. The lowest BCUT2D eigenvalue weighted by Gasteiger charge is -2.37. The Labute approximate surface area is 189 Å². The lowest BCUT2D eigenvalue weighted by atomic mass is 9.97. The van der Waals surface area contributed by atoms with Crippen LogP contribution in [0.4, 0.5) is 5.69 Å². The molecule has 1 aromatic heterocycles. The van der Waals surface area contributed by atoms with Crippen molar-refractivity contribution in [2.75, 3.05) is 45.3 Å². The molecule has 2 bridgehead atoms. The van der Waals surface area contributed by atoms with Gasteiger partial charge in [0.15, 0.2) is 0 Å². The summed E-state index contributed by atoms with van der Waals surface area (Å²) in [5.74, 6) is 0.325. The van der Waals surface area contributed by atoms with Crippen molar-refractivity contribution in [1.29, 1.82) is 0 Å². The molecule has 3 fully saturated rings. The lowest BCUT2D eigenvalue weighted by molar-refractivity contribution is 0.0688. The van der Waals surface area contributed by atoms with Crippen LogP contribution < -0.4 is 5.32 Å². The van der Waals surface area contributed by atoms with Gasteiger partial charge in [-0.2, -0.15) is 0 Å². The third-order valence-electron chi connectivity index (χ3n) is 8.07. The number of benzene rings is 1. The number of rotatable bonds is 4. The highest BCUT2D eigenvalue weighted by atomic mass is 16.5. The minimum atomic E-state index is 0.244. The van der Waals surface area contributed by atoms with E-state index < -0.39 is 0 Å². The fourth-order valence-electron chi connectivity index (χ4n) is 6.36. The van der Waals surface area contributed by atoms with Gasteiger partial charge in [-0.3, -0.25) is 4.99 Å². The highest BCUT2D eigenvalue weighted by molar-refractivity contribution is 6.14. The second-order valence-electron chi connectivity index (χ2n) is 9.89. The Morgan fingerprint density at radius 1 is 1.00 bits per heavy atom. The molecule has 0 aliphatic carbocycles. The van der Waals surface area contributed by atoms with E-state index in [1.807, 2.05) is 0 Å². The summed E-state index contributed by atoms with van der Waals surface area (Å²) in [7, 11) is 2.28. The van der Waals surface area contributed by atoms with E-state index in [1.165, 1.54) is 25.7 Å². The van der Waals surface area contributed by atoms with E-state index in [9.17, 15) is 5.11 Å². The molecular weight excluding hydrogens is 404 g/mol. The number of nitrogens with one attached hydrogen (secondary N) is 1. The second kappa shape index (κ2) is 8.36. The predicted molar refractivity (Wildman–Crippen MR) is 126 cm³/mol. The molecule has 6 rings (SSSR count). The zero-order valence-electron chi connectivity index (χ0n) is 18.9. The normalized spacial score (nSPS) is 29.4. The third kappa shape index (κ3) is 3.51. The minimum Gasteiger partial charge on any atom is -0.494 e. The summed E-state index contributed by atoms with van der Waals surface area (Å²) in [6, 6.07) is 8.73. The van der Waals surface area contributed by atoms with Crippen LogP contribution in [0.15, 0.2) is 23.2 Å². The zero-order chi connectivity index (χ0) is 21.7. The van der Waals surface area contributed by atoms with Crippen molar-refractivity contribution in [3.63, 3.8) is 0 Å². The van der Waals surface area contributed by atoms with Crippen LogP contribution in [-0.4, -0.2) is 78.4 Å². The number of hydrogen-bond donors (Lipinski definition) is 2. The molecular formula is C25H34N4O3. The largest absolute Gasteiger partial charge is 0.494 e. The molecule has 1 aromatic carbocycles. The molecule has 2 unspecified atom stereocenters. The molecule has 32 heavy (non-hydrogen) atoms. The van der Waals surface area contributed by atoms with E-state index in [4.69, 9.17) is 14.5 Å². The first kappa shape index (κ1) is 20.5. The van der Waals surface area contributed by atoms with Gasteiger partial charge in [0.25, 0.3) is 0 Å². The molecule has 3 saturated heterocycles. The van der Waals surface area contributed by atoms with Gasteiger partial charge >= 0.3 is 0 Å². The Balaban J connectivity index is 1.37. The Morgan fingerprint density at radius 3 is 2.50 bits per heavy atom. The van der Waals surface area contributed by atoms with Crippen molar-refractivity contribution in [3.8, 4) is 5.88 Å². The molecule has 0 radical (unpaired) electrons. The molecule has 4 aliphatic heterocycles. The van der Waals surface area contributed by atoms with Gasteiger partial charge in [0, 0.05) is 48.5 Å². The summed E-state index contributed by atoms with van der Waals surface area (Å²) in [6.07, 6.45) is 6.88. The van der Waals surface area contributed by atoms with Crippen molar-refractivity contribution in [2.24, 2.45) is 4.99 Å². The fourth-order valence-corrected chi connectivity index (χ4v) is 6.36. The smallest absolute Gasteiger partial charge is 0.201 e. The van der Waals surface area contributed by atoms with E-state index >= 15 is 0 Å². The Hall–Kier alpha value is -2.09. The maximum absolute atomic E-state index is 11.4. The summed E-state index contributed by atoms with van der Waals surface area (Å²) in [5.41, 5.74) is 3.91. The second-order valence-corrected chi connectivity index (χ2v) is 9.89. The molecule has 7 heteroatoms. The number of ether oxygens (including phenoxy) is 2. The number of aromatic nitrogens is 1. The van der Waals surface area contributed by atoms with Crippen molar-refractivity contribution in [2.45, 2.75) is 62.7 Å². The lowest BCUT2D eigenvalue weighted by Crippen LogP contribution is -2.44. The van der Waals surface area contributed by atoms with Gasteiger partial charge in [-0.15, -0.1) is 0 Å². The molecule has 4 aliphatic rings. The van der Waals surface area contributed by atoms with E-state index in [-0.39, 0.29) is 6.04 Å². The number of aromatic hydroxyl groups is 1. The first-order valence-corrected chi connectivity index (χ1v) is 12.2. The summed E-state index contributed by atoms with van der Waals surface area (Å²) in [6.45, 7) is 3.22. The van der Waals surface area contributed by atoms with Gasteiger partial charge in [0.2, 0.25) is 5.88 Å². The number of piperidine rings is 1. The summed E-state index contributed by atoms with van der Waals surface area (Å²) >= 11 is 0. The number of anilines is 1. The number of hydrogen-bond acceptors (Lipinski definition) is 6. The molecule has 0 saturated carbocycles. The molecule has 3 atom stereocenters. The summed E-state index contributed by atoms with van der Waals surface area (Å²) in [4.78, 5) is 7.29. The Bertz CT molecular complexity index is 1010. The first-order valence-electron chi connectivity index (χ1n) is 12.2.